The van der Waals surface area contributed by atoms with Crippen molar-refractivity contribution in [2.75, 3.05) is 11.4 Å². The number of hydrogen-bond donors (Lipinski definition) is 2. The highest BCUT2D eigenvalue weighted by molar-refractivity contribution is 7.80. The van der Waals surface area contributed by atoms with Crippen molar-refractivity contribution in [3.05, 3.63) is 87.7 Å². The standard InChI is InChI=1S/C34H37BClFN2O6S/c1-33(2)34(3,4)45-35(44-33)15-14-22-7-6-20(16-27(22)36)19-39(46(41)42)28-18-29-26(17-25(28)21-8-9-21)30(32(40)38-5)31(43-29)23-10-12-24(37)13-11-23/h6-7,10-13,16-18,21H,8-9,14-15,19H2,1-5H3,(H,38,40)(H,41,42). The van der Waals surface area contributed by atoms with Crippen LogP contribution in [0, 0.1) is 5.82 Å². The van der Waals surface area contributed by atoms with Crippen LogP contribution in [0.5, 0.6) is 0 Å². The van der Waals surface area contributed by atoms with E-state index in [0.717, 1.165) is 29.5 Å². The van der Waals surface area contributed by atoms with Crippen LogP contribution in [0.2, 0.25) is 11.3 Å². The molecule has 4 aromatic rings. The Morgan fingerprint density at radius 3 is 2.35 bits per heavy atom. The van der Waals surface area contributed by atoms with Gasteiger partial charge in [0.05, 0.1) is 29.0 Å². The summed E-state index contributed by atoms with van der Waals surface area (Å²) in [5.74, 6) is -0.275. The minimum atomic E-state index is -2.38. The van der Waals surface area contributed by atoms with Crippen molar-refractivity contribution in [3.63, 3.8) is 0 Å². The first-order valence-corrected chi connectivity index (χ1v) is 16.8. The molecule has 2 aliphatic rings. The molecular formula is C34H37BClFN2O6S. The average molecular weight is 667 g/mol. The Balaban J connectivity index is 1.30. The third-order valence-electron chi connectivity index (χ3n) is 9.27. The summed E-state index contributed by atoms with van der Waals surface area (Å²) in [6, 6.07) is 15.0. The van der Waals surface area contributed by atoms with Crippen LogP contribution in [0.15, 0.2) is 59.0 Å². The van der Waals surface area contributed by atoms with Gasteiger partial charge < -0.3 is 19.0 Å². The molecule has 1 unspecified atom stereocenters. The first-order chi connectivity index (χ1) is 21.8. The van der Waals surface area contributed by atoms with Gasteiger partial charge in [-0.25, -0.2) is 8.60 Å². The molecule has 0 spiro atoms. The molecule has 1 aliphatic heterocycles. The van der Waals surface area contributed by atoms with Gasteiger partial charge in [-0.05, 0) is 112 Å². The SMILES string of the molecule is CNC(=O)c1c(-c2ccc(F)cc2)oc2cc(N(Cc3ccc(CCB4OC(C)(C)C(C)(C)O4)c(Cl)c3)S(=O)O)c(C3CC3)cc12. The van der Waals surface area contributed by atoms with Crippen LogP contribution >= 0.6 is 11.6 Å². The molecular weight excluding hydrogens is 630 g/mol. The lowest BCUT2D eigenvalue weighted by atomic mass is 9.81. The Bertz CT molecular complexity index is 1810. The number of anilines is 1. The first-order valence-electron chi connectivity index (χ1n) is 15.4. The average Bonchev–Trinajstić information content (AvgIpc) is 3.74. The number of carbonyl (C=O) groups excluding carboxylic acids is 1. The van der Waals surface area contributed by atoms with Gasteiger partial charge in [0.1, 0.15) is 17.2 Å². The van der Waals surface area contributed by atoms with Gasteiger partial charge in [0.15, 0.2) is 0 Å². The van der Waals surface area contributed by atoms with Crippen LogP contribution < -0.4 is 9.62 Å². The summed E-state index contributed by atoms with van der Waals surface area (Å²) in [6.07, 6.45) is 3.14. The number of rotatable bonds is 10. The molecule has 1 aromatic heterocycles. The monoisotopic (exact) mass is 666 g/mol. The molecule has 0 radical (unpaired) electrons. The number of hydrogen-bond acceptors (Lipinski definition) is 5. The van der Waals surface area contributed by atoms with E-state index in [4.69, 9.17) is 25.3 Å². The molecule has 1 aliphatic carbocycles. The van der Waals surface area contributed by atoms with E-state index in [-0.39, 0.29) is 25.5 Å². The third-order valence-corrected chi connectivity index (χ3v) is 10.3. The van der Waals surface area contributed by atoms with Gasteiger partial charge in [-0.15, -0.1) is 0 Å². The molecule has 12 heteroatoms. The molecule has 2 heterocycles. The molecule has 46 heavy (non-hydrogen) atoms. The van der Waals surface area contributed by atoms with Crippen molar-refractivity contribution >= 4 is 52.5 Å². The Kier molecular flexibility index (Phi) is 8.84. The minimum absolute atomic E-state index is 0.111. The van der Waals surface area contributed by atoms with Crippen LogP contribution in [-0.4, -0.2) is 40.0 Å². The van der Waals surface area contributed by atoms with Gasteiger partial charge in [-0.2, -0.15) is 0 Å². The molecule has 242 valence electrons. The van der Waals surface area contributed by atoms with Crippen LogP contribution in [-0.2, 0) is 33.5 Å². The van der Waals surface area contributed by atoms with Crippen molar-refractivity contribution in [1.29, 1.82) is 0 Å². The predicted molar refractivity (Wildman–Crippen MR) is 180 cm³/mol. The Morgan fingerprint density at radius 1 is 1.09 bits per heavy atom. The quantitative estimate of drug-likeness (QED) is 0.132. The second-order valence-electron chi connectivity index (χ2n) is 13.0. The smallest absolute Gasteiger partial charge is 0.455 e. The van der Waals surface area contributed by atoms with E-state index in [1.54, 1.807) is 18.2 Å². The largest absolute Gasteiger partial charge is 0.458 e. The fourth-order valence-corrected chi connectivity index (χ4v) is 6.76. The fourth-order valence-electron chi connectivity index (χ4n) is 5.88. The zero-order valence-electron chi connectivity index (χ0n) is 26.5. The van der Waals surface area contributed by atoms with Crippen LogP contribution in [0.1, 0.15) is 73.5 Å². The van der Waals surface area contributed by atoms with E-state index < -0.39 is 28.3 Å². The second kappa shape index (κ2) is 12.4. The van der Waals surface area contributed by atoms with Gasteiger partial charge >= 0.3 is 7.12 Å². The van der Waals surface area contributed by atoms with Crippen LogP contribution in [0.4, 0.5) is 10.1 Å². The topological polar surface area (TPSA) is 101 Å². The highest BCUT2D eigenvalue weighted by atomic mass is 35.5. The maximum atomic E-state index is 13.7. The number of amides is 1. The number of carbonyl (C=O) groups is 1. The highest BCUT2D eigenvalue weighted by Crippen LogP contribution is 2.48. The zero-order valence-corrected chi connectivity index (χ0v) is 28.1. The molecule has 0 bridgehead atoms. The lowest BCUT2D eigenvalue weighted by Gasteiger charge is -2.32. The lowest BCUT2D eigenvalue weighted by molar-refractivity contribution is 0.00578. The summed E-state index contributed by atoms with van der Waals surface area (Å²) >= 11 is 4.34. The summed E-state index contributed by atoms with van der Waals surface area (Å²) in [6.45, 7) is 8.20. The molecule has 2 fully saturated rings. The first kappa shape index (κ1) is 32.7. The second-order valence-corrected chi connectivity index (χ2v) is 14.3. The number of benzene rings is 3. The van der Waals surface area contributed by atoms with E-state index in [2.05, 4.69) is 5.32 Å². The maximum absolute atomic E-state index is 13.7. The number of nitrogens with one attached hydrogen (secondary N) is 1. The van der Waals surface area contributed by atoms with Gasteiger partial charge in [0, 0.05) is 29.1 Å². The summed E-state index contributed by atoms with van der Waals surface area (Å²) in [5, 5.41) is 3.82. The molecule has 3 aromatic carbocycles. The molecule has 1 atom stereocenters. The van der Waals surface area contributed by atoms with Gasteiger partial charge in [-0.1, -0.05) is 23.7 Å². The minimum Gasteiger partial charge on any atom is -0.455 e. The Morgan fingerprint density at radius 2 is 1.76 bits per heavy atom. The van der Waals surface area contributed by atoms with E-state index in [1.807, 2.05) is 52.0 Å². The van der Waals surface area contributed by atoms with E-state index >= 15 is 0 Å². The van der Waals surface area contributed by atoms with Crippen molar-refractivity contribution in [2.24, 2.45) is 0 Å². The molecule has 1 saturated carbocycles. The summed E-state index contributed by atoms with van der Waals surface area (Å²) < 4.78 is 57.0. The number of nitrogens with zero attached hydrogens (tertiary/aromatic N) is 1. The van der Waals surface area contributed by atoms with Crippen LogP contribution in [0.25, 0.3) is 22.3 Å². The van der Waals surface area contributed by atoms with Crippen molar-refractivity contribution in [2.45, 2.75) is 76.9 Å². The van der Waals surface area contributed by atoms with E-state index in [1.165, 1.54) is 23.5 Å². The molecule has 6 rings (SSSR count). The number of fused-ring (bicyclic) bond motifs is 1. The number of halogens is 2. The van der Waals surface area contributed by atoms with Crippen molar-refractivity contribution in [1.82, 2.24) is 5.32 Å². The van der Waals surface area contributed by atoms with Gasteiger partial charge in [0.25, 0.3) is 17.2 Å². The predicted octanol–water partition coefficient (Wildman–Crippen LogP) is 7.91. The molecule has 1 amide bonds. The number of aryl methyl sites for hydroxylation is 1. The third kappa shape index (κ3) is 6.36. The maximum Gasteiger partial charge on any atom is 0.458 e. The lowest BCUT2D eigenvalue weighted by Crippen LogP contribution is -2.41. The molecule has 1 saturated heterocycles. The number of furan rings is 1. The zero-order chi connectivity index (χ0) is 33.0. The van der Waals surface area contributed by atoms with Crippen molar-refractivity contribution in [3.8, 4) is 11.3 Å². The molecule has 8 nitrogen and oxygen atoms in total. The Labute approximate surface area is 276 Å². The van der Waals surface area contributed by atoms with E-state index in [0.29, 0.717) is 51.3 Å². The van der Waals surface area contributed by atoms with Gasteiger partial charge in [-0.3, -0.25) is 13.7 Å². The normalized spacial score (nSPS) is 17.8. The fraction of sp³-hybridized carbons (Fsp3) is 0.382. The van der Waals surface area contributed by atoms with Crippen LogP contribution in [0.3, 0.4) is 0 Å². The van der Waals surface area contributed by atoms with Gasteiger partial charge in [0.2, 0.25) is 0 Å². The summed E-state index contributed by atoms with van der Waals surface area (Å²) in [7, 11) is 1.20. The van der Waals surface area contributed by atoms with E-state index in [9.17, 15) is 17.9 Å². The highest BCUT2D eigenvalue weighted by Gasteiger charge is 2.50. The summed E-state index contributed by atoms with van der Waals surface area (Å²) in [4.78, 5) is 13.1. The molecule has 2 N–H and O–H groups in total. The van der Waals surface area contributed by atoms with Crippen molar-refractivity contribution < 1.29 is 31.7 Å². The Hall–Kier alpha value is -3.22. The summed E-state index contributed by atoms with van der Waals surface area (Å²) in [5.41, 5.74) is 3.53.